The number of carbonyl (C=O) groups is 1. The van der Waals surface area contributed by atoms with Gasteiger partial charge in [-0.05, 0) is 37.1 Å². The first-order valence-electron chi connectivity index (χ1n) is 9.67. The molecule has 0 atom stereocenters. The van der Waals surface area contributed by atoms with Crippen LogP contribution in [0, 0.1) is 25.2 Å². The lowest BCUT2D eigenvalue weighted by Crippen LogP contribution is -2.34. The van der Waals surface area contributed by atoms with Crippen LogP contribution >= 0.6 is 0 Å². The number of ketones is 1. The number of rotatable bonds is 3. The van der Waals surface area contributed by atoms with E-state index >= 15 is 0 Å². The third kappa shape index (κ3) is 4.08. The van der Waals surface area contributed by atoms with E-state index in [1.54, 1.807) is 13.8 Å². The molecule has 0 aliphatic carbocycles. The normalized spacial score (nSPS) is 14.8. The summed E-state index contributed by atoms with van der Waals surface area (Å²) in [5.74, 6) is 1.22. The van der Waals surface area contributed by atoms with E-state index in [1.807, 2.05) is 11.0 Å². The number of anilines is 1. The molecule has 3 aromatic rings. The molecule has 0 radical (unpaired) electrons. The summed E-state index contributed by atoms with van der Waals surface area (Å²) >= 11 is 0. The number of nitriles is 1. The molecule has 1 fully saturated rings. The van der Waals surface area contributed by atoms with Gasteiger partial charge in [-0.2, -0.15) is 23.4 Å². The van der Waals surface area contributed by atoms with Crippen LogP contribution in [-0.2, 0) is 11.2 Å². The molecule has 1 saturated heterocycles. The second-order valence-corrected chi connectivity index (χ2v) is 7.55. The van der Waals surface area contributed by atoms with E-state index in [9.17, 15) is 23.2 Å². The molecule has 0 saturated carbocycles. The highest BCUT2D eigenvalue weighted by atomic mass is 19.4. The van der Waals surface area contributed by atoms with Gasteiger partial charge >= 0.3 is 6.18 Å². The number of hydrogen-bond acceptors (Lipinski definition) is 7. The number of aryl methyl sites for hydroxylation is 2. The third-order valence-corrected chi connectivity index (χ3v) is 5.28. The number of benzene rings is 1. The van der Waals surface area contributed by atoms with E-state index in [4.69, 9.17) is 4.52 Å². The Labute approximate surface area is 175 Å². The van der Waals surface area contributed by atoms with E-state index in [1.165, 1.54) is 12.1 Å². The van der Waals surface area contributed by atoms with Crippen LogP contribution in [-0.4, -0.2) is 40.2 Å². The molecule has 7 nitrogen and oxygen atoms in total. The maximum atomic E-state index is 13.0. The highest BCUT2D eigenvalue weighted by molar-refractivity contribution is 5.96. The van der Waals surface area contributed by atoms with Gasteiger partial charge in [-0.15, -0.1) is 0 Å². The Hall–Kier alpha value is -3.48. The van der Waals surface area contributed by atoms with Crippen LogP contribution < -0.4 is 4.90 Å². The van der Waals surface area contributed by atoms with Gasteiger partial charge in [0.2, 0.25) is 0 Å². The Morgan fingerprint density at radius 3 is 2.48 bits per heavy atom. The molecule has 0 amide bonds. The van der Waals surface area contributed by atoms with Gasteiger partial charge in [-0.3, -0.25) is 4.79 Å². The molecule has 1 aliphatic rings. The first kappa shape index (κ1) is 20.8. The quantitative estimate of drug-likeness (QED) is 0.620. The number of pyridine rings is 1. The van der Waals surface area contributed by atoms with Crippen LogP contribution in [0.1, 0.15) is 35.4 Å². The average Bonchev–Trinajstić information content (AvgIpc) is 3.13. The van der Waals surface area contributed by atoms with Crippen LogP contribution in [0.3, 0.4) is 0 Å². The molecule has 0 spiro atoms. The highest BCUT2D eigenvalue weighted by Gasteiger charge is 2.30. The molecular formula is C21H18F3N5O2. The SMILES string of the molecule is Cc1noc(-c2c(N3CCC(=O)CC3)nc3c(C#N)cc(CC(F)(F)F)cc3c2C)n1. The van der Waals surface area contributed by atoms with Gasteiger partial charge in [0.15, 0.2) is 5.82 Å². The van der Waals surface area contributed by atoms with Crippen molar-refractivity contribution in [3.63, 3.8) is 0 Å². The van der Waals surface area contributed by atoms with Gasteiger partial charge in [0.05, 0.1) is 23.1 Å². The molecule has 1 aromatic carbocycles. The first-order chi connectivity index (χ1) is 14.7. The van der Waals surface area contributed by atoms with Crippen LogP contribution in [0.25, 0.3) is 22.4 Å². The number of fused-ring (bicyclic) bond motifs is 1. The number of hydrogen-bond donors (Lipinski definition) is 0. The van der Waals surface area contributed by atoms with E-state index in [-0.39, 0.29) is 22.8 Å². The first-order valence-corrected chi connectivity index (χ1v) is 9.67. The third-order valence-electron chi connectivity index (χ3n) is 5.28. The fraction of sp³-hybridized carbons (Fsp3) is 0.381. The van der Waals surface area contributed by atoms with Gasteiger partial charge in [0.25, 0.3) is 5.89 Å². The monoisotopic (exact) mass is 429 g/mol. The summed E-state index contributed by atoms with van der Waals surface area (Å²) in [5, 5.41) is 13.8. The van der Waals surface area contributed by atoms with Crippen molar-refractivity contribution in [1.29, 1.82) is 5.26 Å². The molecule has 10 heteroatoms. The van der Waals surface area contributed by atoms with E-state index in [0.29, 0.717) is 59.6 Å². The Kier molecular flexibility index (Phi) is 5.13. The van der Waals surface area contributed by atoms with Crippen molar-refractivity contribution in [2.75, 3.05) is 18.0 Å². The van der Waals surface area contributed by atoms with Crippen molar-refractivity contribution >= 4 is 22.5 Å². The second-order valence-electron chi connectivity index (χ2n) is 7.55. The van der Waals surface area contributed by atoms with Crippen LogP contribution in [0.2, 0.25) is 0 Å². The number of alkyl halides is 3. The number of halogens is 3. The van der Waals surface area contributed by atoms with Crippen molar-refractivity contribution in [1.82, 2.24) is 15.1 Å². The molecule has 0 unspecified atom stereocenters. The lowest BCUT2D eigenvalue weighted by molar-refractivity contribution is -0.127. The number of piperidine rings is 1. The summed E-state index contributed by atoms with van der Waals surface area (Å²) in [7, 11) is 0. The molecule has 0 bridgehead atoms. The fourth-order valence-electron chi connectivity index (χ4n) is 3.83. The smallest absolute Gasteiger partial charge is 0.355 e. The maximum absolute atomic E-state index is 13.0. The van der Waals surface area contributed by atoms with Gasteiger partial charge in [-0.1, -0.05) is 5.16 Å². The molecule has 1 aliphatic heterocycles. The highest BCUT2D eigenvalue weighted by Crippen LogP contribution is 2.38. The number of aromatic nitrogens is 3. The Bertz CT molecular complexity index is 1220. The van der Waals surface area contributed by atoms with Gasteiger partial charge < -0.3 is 9.42 Å². The minimum Gasteiger partial charge on any atom is -0.355 e. The van der Waals surface area contributed by atoms with E-state index in [0.717, 1.165) is 0 Å². The van der Waals surface area contributed by atoms with Gasteiger partial charge in [0, 0.05) is 31.3 Å². The zero-order valence-electron chi connectivity index (χ0n) is 16.9. The summed E-state index contributed by atoms with van der Waals surface area (Å²) in [6.07, 6.45) is -4.84. The van der Waals surface area contributed by atoms with Crippen LogP contribution in [0.15, 0.2) is 16.7 Å². The zero-order valence-corrected chi connectivity index (χ0v) is 16.9. The average molecular weight is 429 g/mol. The van der Waals surface area contributed by atoms with Crippen molar-refractivity contribution in [2.45, 2.75) is 39.3 Å². The summed E-state index contributed by atoms with van der Waals surface area (Å²) in [5.41, 5.74) is 1.42. The maximum Gasteiger partial charge on any atom is 0.393 e. The second kappa shape index (κ2) is 7.65. The zero-order chi connectivity index (χ0) is 22.3. The van der Waals surface area contributed by atoms with Crippen molar-refractivity contribution in [2.24, 2.45) is 0 Å². The molecular weight excluding hydrogens is 411 g/mol. The topological polar surface area (TPSA) is 95.9 Å². The van der Waals surface area contributed by atoms with Crippen molar-refractivity contribution in [3.8, 4) is 17.5 Å². The number of Topliss-reactive ketones (excluding diaryl/α,β-unsaturated/α-hetero) is 1. The lowest BCUT2D eigenvalue weighted by Gasteiger charge is -2.29. The number of carbonyl (C=O) groups excluding carboxylic acids is 1. The van der Waals surface area contributed by atoms with Gasteiger partial charge in [-0.25, -0.2) is 4.98 Å². The predicted octanol–water partition coefficient (Wildman–Crippen LogP) is 4.05. The Morgan fingerprint density at radius 1 is 1.19 bits per heavy atom. The summed E-state index contributed by atoms with van der Waals surface area (Å²) < 4.78 is 44.4. The lowest BCUT2D eigenvalue weighted by atomic mass is 9.96. The summed E-state index contributed by atoms with van der Waals surface area (Å²) in [6.45, 7) is 4.26. The Balaban J connectivity index is 1.98. The molecule has 4 rings (SSSR count). The van der Waals surface area contributed by atoms with Gasteiger partial charge in [0.1, 0.15) is 17.7 Å². The molecule has 2 aromatic heterocycles. The fourth-order valence-corrected chi connectivity index (χ4v) is 3.83. The largest absolute Gasteiger partial charge is 0.393 e. The Morgan fingerprint density at radius 2 is 1.90 bits per heavy atom. The van der Waals surface area contributed by atoms with Crippen LogP contribution in [0.4, 0.5) is 19.0 Å². The molecule has 0 N–H and O–H groups in total. The standard InChI is InChI=1S/C21H18F3N5O2/c1-11-16-8-13(9-21(22,23)24)7-14(10-25)18(16)27-19(29-5-3-15(30)4-6-29)17(11)20-26-12(2)28-31-20/h7-8H,3-6,9H2,1-2H3. The molecule has 160 valence electrons. The summed E-state index contributed by atoms with van der Waals surface area (Å²) in [4.78, 5) is 22.6. The number of nitrogens with zero attached hydrogens (tertiary/aromatic N) is 5. The molecule has 31 heavy (non-hydrogen) atoms. The molecule has 3 heterocycles. The summed E-state index contributed by atoms with van der Waals surface area (Å²) in [6, 6.07) is 4.60. The van der Waals surface area contributed by atoms with Crippen molar-refractivity contribution in [3.05, 3.63) is 34.6 Å². The predicted molar refractivity (Wildman–Crippen MR) is 105 cm³/mol. The van der Waals surface area contributed by atoms with E-state index < -0.39 is 12.6 Å². The van der Waals surface area contributed by atoms with Crippen molar-refractivity contribution < 1.29 is 22.5 Å². The minimum atomic E-state index is -4.41. The minimum absolute atomic E-state index is 0.0228. The van der Waals surface area contributed by atoms with E-state index in [2.05, 4.69) is 15.1 Å². The van der Waals surface area contributed by atoms with Crippen LogP contribution in [0.5, 0.6) is 0 Å².